The van der Waals surface area contributed by atoms with Crippen LogP contribution in [0.2, 0.25) is 5.02 Å². The lowest BCUT2D eigenvalue weighted by atomic mass is 10.1. The van der Waals surface area contributed by atoms with E-state index in [9.17, 15) is 14.4 Å². The van der Waals surface area contributed by atoms with Crippen molar-refractivity contribution in [1.29, 1.82) is 0 Å². The topological polar surface area (TPSA) is 106 Å². The Labute approximate surface area is 195 Å². The Kier molecular flexibility index (Phi) is 7.77. The third kappa shape index (κ3) is 6.18. The van der Waals surface area contributed by atoms with Crippen molar-refractivity contribution in [2.24, 2.45) is 5.10 Å². The van der Waals surface area contributed by atoms with Crippen molar-refractivity contribution >= 4 is 40.8 Å². The lowest BCUT2D eigenvalue weighted by Crippen LogP contribution is -2.33. The number of carbonyl (C=O) groups excluding carboxylic acids is 3. The van der Waals surface area contributed by atoms with Crippen LogP contribution in [-0.2, 0) is 9.59 Å². The third-order valence-corrected chi connectivity index (χ3v) is 4.70. The van der Waals surface area contributed by atoms with Crippen LogP contribution in [0, 0.1) is 0 Å². The van der Waals surface area contributed by atoms with Gasteiger partial charge in [0.25, 0.3) is 0 Å². The number of anilines is 1. The lowest BCUT2D eigenvalue weighted by molar-refractivity contribution is -0.136. The highest BCUT2D eigenvalue weighted by Gasteiger charge is 2.17. The molecule has 0 spiro atoms. The van der Waals surface area contributed by atoms with Crippen molar-refractivity contribution in [3.05, 3.63) is 88.9 Å². The molecule has 0 radical (unpaired) electrons. The smallest absolute Gasteiger partial charge is 0.343 e. The molecule has 0 aliphatic heterocycles. The summed E-state index contributed by atoms with van der Waals surface area (Å²) in [6.07, 6.45) is 0. The van der Waals surface area contributed by atoms with Gasteiger partial charge < -0.3 is 14.8 Å². The Bertz CT molecular complexity index is 1210. The van der Waals surface area contributed by atoms with Gasteiger partial charge in [-0.1, -0.05) is 35.9 Å². The number of carbonyl (C=O) groups is 3. The highest BCUT2D eigenvalue weighted by atomic mass is 35.5. The molecule has 3 aromatic rings. The van der Waals surface area contributed by atoms with E-state index in [2.05, 4.69) is 15.8 Å². The van der Waals surface area contributed by atoms with Crippen LogP contribution in [0.5, 0.6) is 11.5 Å². The van der Waals surface area contributed by atoms with Gasteiger partial charge in [-0.05, 0) is 55.5 Å². The number of methoxy groups -OCH3 is 1. The molecule has 0 atom stereocenters. The third-order valence-electron chi connectivity index (χ3n) is 4.45. The summed E-state index contributed by atoms with van der Waals surface area (Å²) in [5.41, 5.74) is 3.66. The second-order valence-corrected chi connectivity index (χ2v) is 7.12. The van der Waals surface area contributed by atoms with Gasteiger partial charge in [-0.2, -0.15) is 5.10 Å². The fourth-order valence-corrected chi connectivity index (χ4v) is 2.90. The molecule has 8 nitrogen and oxygen atoms in total. The summed E-state index contributed by atoms with van der Waals surface area (Å²) in [5.74, 6) is -1.82. The summed E-state index contributed by atoms with van der Waals surface area (Å²) in [7, 11) is 1.45. The maximum absolute atomic E-state index is 12.4. The molecule has 0 fully saturated rings. The minimum atomic E-state index is -0.976. The van der Waals surface area contributed by atoms with Gasteiger partial charge in [-0.15, -0.1) is 0 Å². The highest BCUT2D eigenvalue weighted by molar-refractivity contribution is 6.39. The Balaban J connectivity index is 1.69. The number of amides is 2. The highest BCUT2D eigenvalue weighted by Crippen LogP contribution is 2.23. The molecule has 33 heavy (non-hydrogen) atoms. The summed E-state index contributed by atoms with van der Waals surface area (Å²) in [6, 6.07) is 19.6. The first-order valence-corrected chi connectivity index (χ1v) is 10.1. The molecule has 0 unspecified atom stereocenters. The molecule has 0 saturated heterocycles. The average Bonchev–Trinajstić information content (AvgIpc) is 2.83. The van der Waals surface area contributed by atoms with E-state index in [0.717, 1.165) is 0 Å². The van der Waals surface area contributed by atoms with Crippen LogP contribution in [0.1, 0.15) is 22.8 Å². The minimum Gasteiger partial charge on any atom is -0.495 e. The summed E-state index contributed by atoms with van der Waals surface area (Å²) >= 11 is 5.85. The van der Waals surface area contributed by atoms with Crippen LogP contribution in [0.25, 0.3) is 0 Å². The first kappa shape index (κ1) is 23.5. The first-order chi connectivity index (χ1) is 15.9. The molecule has 0 aliphatic rings. The zero-order valence-electron chi connectivity index (χ0n) is 17.8. The molecule has 0 heterocycles. The van der Waals surface area contributed by atoms with Crippen LogP contribution in [-0.4, -0.2) is 30.6 Å². The number of nitrogens with zero attached hydrogens (tertiary/aromatic N) is 1. The number of hydrazone groups is 1. The summed E-state index contributed by atoms with van der Waals surface area (Å²) in [5, 5.41) is 6.93. The predicted octanol–water partition coefficient (Wildman–Crippen LogP) is 4.05. The molecule has 168 valence electrons. The van der Waals surface area contributed by atoms with E-state index in [0.29, 0.717) is 33.3 Å². The van der Waals surface area contributed by atoms with Crippen LogP contribution in [0.15, 0.2) is 77.9 Å². The van der Waals surface area contributed by atoms with E-state index in [1.165, 1.54) is 7.11 Å². The van der Waals surface area contributed by atoms with E-state index >= 15 is 0 Å². The number of halogens is 1. The second-order valence-electron chi connectivity index (χ2n) is 6.69. The Morgan fingerprint density at radius 3 is 2.18 bits per heavy atom. The zero-order chi connectivity index (χ0) is 23.8. The Morgan fingerprint density at radius 2 is 1.48 bits per heavy atom. The fraction of sp³-hybridized carbons (Fsp3) is 0.0833. The molecule has 2 N–H and O–H groups in total. The van der Waals surface area contributed by atoms with E-state index in [4.69, 9.17) is 21.1 Å². The quantitative estimate of drug-likeness (QED) is 0.188. The van der Waals surface area contributed by atoms with E-state index in [-0.39, 0.29) is 5.75 Å². The number of rotatable bonds is 6. The Morgan fingerprint density at radius 1 is 0.848 bits per heavy atom. The predicted molar refractivity (Wildman–Crippen MR) is 125 cm³/mol. The number of esters is 1. The van der Waals surface area contributed by atoms with Gasteiger partial charge in [-0.25, -0.2) is 10.2 Å². The van der Waals surface area contributed by atoms with Crippen molar-refractivity contribution in [3.8, 4) is 11.5 Å². The van der Waals surface area contributed by atoms with Gasteiger partial charge in [0.15, 0.2) is 0 Å². The summed E-state index contributed by atoms with van der Waals surface area (Å²) in [4.78, 5) is 36.8. The fourth-order valence-electron chi connectivity index (χ4n) is 2.77. The van der Waals surface area contributed by atoms with Gasteiger partial charge in [-0.3, -0.25) is 9.59 Å². The van der Waals surface area contributed by atoms with Crippen molar-refractivity contribution < 1.29 is 23.9 Å². The molecule has 0 aromatic heterocycles. The molecule has 9 heteroatoms. The first-order valence-electron chi connectivity index (χ1n) is 9.75. The molecular weight excluding hydrogens is 446 g/mol. The molecule has 3 rings (SSSR count). The van der Waals surface area contributed by atoms with Crippen LogP contribution in [0.3, 0.4) is 0 Å². The van der Waals surface area contributed by atoms with E-state index < -0.39 is 17.8 Å². The molecule has 0 saturated carbocycles. The minimum absolute atomic E-state index is 0.242. The van der Waals surface area contributed by atoms with Crippen LogP contribution >= 0.6 is 11.6 Å². The monoisotopic (exact) mass is 465 g/mol. The van der Waals surface area contributed by atoms with Gasteiger partial charge >= 0.3 is 17.8 Å². The van der Waals surface area contributed by atoms with Gasteiger partial charge in [0, 0.05) is 10.6 Å². The normalized spacial score (nSPS) is 10.8. The number of hydrogen-bond donors (Lipinski definition) is 2. The van der Waals surface area contributed by atoms with Crippen LogP contribution in [0.4, 0.5) is 5.69 Å². The van der Waals surface area contributed by atoms with Crippen LogP contribution < -0.4 is 20.2 Å². The number of para-hydroxylation sites is 3. The Hall–Kier alpha value is -4.17. The standard InChI is InChI=1S/C24H20ClN3O5/c1-15(27-28-23(30)22(29)26-19-8-4-6-10-21(19)32-2)18-7-3-5-9-20(18)33-24(31)16-11-13-17(25)14-12-16/h3-14H,1-2H3,(H,26,29)(H,28,30)/b27-15+. The lowest BCUT2D eigenvalue weighted by Gasteiger charge is -2.11. The number of benzene rings is 3. The number of nitrogens with one attached hydrogen (secondary N) is 2. The zero-order valence-corrected chi connectivity index (χ0v) is 18.6. The maximum atomic E-state index is 12.4. The van der Waals surface area contributed by atoms with E-state index in [1.807, 2.05) is 0 Å². The van der Waals surface area contributed by atoms with Crippen molar-refractivity contribution in [1.82, 2.24) is 5.43 Å². The number of ether oxygens (including phenoxy) is 2. The maximum Gasteiger partial charge on any atom is 0.343 e. The van der Waals surface area contributed by atoms with Gasteiger partial charge in [0.2, 0.25) is 0 Å². The second kappa shape index (κ2) is 10.9. The van der Waals surface area contributed by atoms with Crippen molar-refractivity contribution in [3.63, 3.8) is 0 Å². The molecular formula is C24H20ClN3O5. The largest absolute Gasteiger partial charge is 0.495 e. The van der Waals surface area contributed by atoms with E-state index in [1.54, 1.807) is 79.7 Å². The molecule has 0 bridgehead atoms. The molecule has 2 amide bonds. The average molecular weight is 466 g/mol. The van der Waals surface area contributed by atoms with Gasteiger partial charge in [0.1, 0.15) is 11.5 Å². The summed E-state index contributed by atoms with van der Waals surface area (Å²) < 4.78 is 10.6. The van der Waals surface area contributed by atoms with Gasteiger partial charge in [0.05, 0.1) is 24.1 Å². The molecule has 3 aromatic carbocycles. The SMILES string of the molecule is COc1ccccc1NC(=O)C(=O)N/N=C(\C)c1ccccc1OC(=O)c1ccc(Cl)cc1. The molecule has 0 aliphatic carbocycles. The van der Waals surface area contributed by atoms with Crippen molar-refractivity contribution in [2.45, 2.75) is 6.92 Å². The van der Waals surface area contributed by atoms with Crippen molar-refractivity contribution in [2.75, 3.05) is 12.4 Å². The summed E-state index contributed by atoms with van der Waals surface area (Å²) in [6.45, 7) is 1.60. The number of hydrogen-bond acceptors (Lipinski definition) is 6.